The number of hydrogen-bond donors (Lipinski definition) is 0. The lowest BCUT2D eigenvalue weighted by atomic mass is 10.1. The van der Waals surface area contributed by atoms with E-state index < -0.39 is 11.9 Å². The third-order valence-corrected chi connectivity index (χ3v) is 6.23. The molecule has 1 aliphatic heterocycles. The lowest BCUT2D eigenvalue weighted by Crippen LogP contribution is -2.46. The molecule has 0 aromatic heterocycles. The second kappa shape index (κ2) is 10.6. The molecule has 0 saturated carbocycles. The maximum absolute atomic E-state index is 13.5. The predicted octanol–water partition coefficient (Wildman–Crippen LogP) is 4.37. The molecule has 7 nitrogen and oxygen atoms in total. The highest BCUT2D eigenvalue weighted by atomic mass is 35.5. The van der Waals surface area contributed by atoms with Gasteiger partial charge in [-0.05, 0) is 72.6 Å². The third kappa shape index (κ3) is 5.30. The number of anilines is 1. The van der Waals surface area contributed by atoms with E-state index in [1.807, 2.05) is 24.3 Å². The van der Waals surface area contributed by atoms with E-state index in [0.717, 1.165) is 16.2 Å². The Hall–Kier alpha value is -3.84. The highest BCUT2D eigenvalue weighted by Crippen LogP contribution is 2.28. The first kappa shape index (κ1) is 24.3. The van der Waals surface area contributed by atoms with Gasteiger partial charge in [0.1, 0.15) is 17.5 Å². The van der Waals surface area contributed by atoms with Crippen molar-refractivity contribution in [3.8, 4) is 11.5 Å². The molecule has 180 valence electrons. The largest absolute Gasteiger partial charge is 0.497 e. The maximum Gasteiger partial charge on any atom is 0.257 e. The Kier molecular flexibility index (Phi) is 7.36. The molecule has 1 fully saturated rings. The number of carbonyl (C=O) groups is 3. The van der Waals surface area contributed by atoms with Crippen LogP contribution in [0.4, 0.5) is 5.69 Å². The van der Waals surface area contributed by atoms with Crippen molar-refractivity contribution < 1.29 is 23.9 Å². The SMILES string of the molecule is COc1ccc(CCN(C(=O)c2ccc(Cl)cc2)[C@H]2CC(=O)N(c3ccc(OC)cc3)C2=O)cc1. The number of nitrogens with zero attached hydrogens (tertiary/aromatic N) is 2. The molecule has 0 N–H and O–H groups in total. The van der Waals surface area contributed by atoms with Gasteiger partial charge in [-0.3, -0.25) is 14.4 Å². The summed E-state index contributed by atoms with van der Waals surface area (Å²) in [5.41, 5.74) is 1.81. The minimum Gasteiger partial charge on any atom is -0.497 e. The van der Waals surface area contributed by atoms with E-state index in [4.69, 9.17) is 21.1 Å². The van der Waals surface area contributed by atoms with Crippen LogP contribution < -0.4 is 14.4 Å². The van der Waals surface area contributed by atoms with E-state index in [2.05, 4.69) is 0 Å². The Balaban J connectivity index is 1.61. The minimum absolute atomic E-state index is 0.0905. The van der Waals surface area contributed by atoms with Crippen molar-refractivity contribution in [2.45, 2.75) is 18.9 Å². The number of halogens is 1. The first-order valence-electron chi connectivity index (χ1n) is 11.1. The van der Waals surface area contributed by atoms with E-state index >= 15 is 0 Å². The lowest BCUT2D eigenvalue weighted by Gasteiger charge is -2.28. The normalized spacial score (nSPS) is 15.3. The number of imide groups is 1. The summed E-state index contributed by atoms with van der Waals surface area (Å²) in [6.45, 7) is 0.258. The van der Waals surface area contributed by atoms with Crippen LogP contribution in [0.25, 0.3) is 0 Å². The molecule has 8 heteroatoms. The van der Waals surface area contributed by atoms with Gasteiger partial charge in [0.15, 0.2) is 0 Å². The van der Waals surface area contributed by atoms with Gasteiger partial charge in [-0.2, -0.15) is 0 Å². The van der Waals surface area contributed by atoms with Crippen molar-refractivity contribution in [3.63, 3.8) is 0 Å². The zero-order valence-electron chi connectivity index (χ0n) is 19.4. The van der Waals surface area contributed by atoms with E-state index in [9.17, 15) is 14.4 Å². The van der Waals surface area contributed by atoms with E-state index in [-0.39, 0.29) is 24.8 Å². The summed E-state index contributed by atoms with van der Waals surface area (Å²) in [5, 5.41) is 0.504. The molecule has 0 radical (unpaired) electrons. The van der Waals surface area contributed by atoms with Crippen LogP contribution >= 0.6 is 11.6 Å². The van der Waals surface area contributed by atoms with E-state index in [1.165, 1.54) is 4.90 Å². The molecule has 0 spiro atoms. The number of ether oxygens (including phenoxy) is 2. The molecule has 1 heterocycles. The van der Waals surface area contributed by atoms with Gasteiger partial charge in [0.25, 0.3) is 11.8 Å². The predicted molar refractivity (Wildman–Crippen MR) is 133 cm³/mol. The van der Waals surface area contributed by atoms with Gasteiger partial charge >= 0.3 is 0 Å². The molecule has 1 saturated heterocycles. The summed E-state index contributed by atoms with van der Waals surface area (Å²) < 4.78 is 10.4. The maximum atomic E-state index is 13.5. The summed E-state index contributed by atoms with van der Waals surface area (Å²) in [6.07, 6.45) is 0.413. The number of rotatable bonds is 8. The number of methoxy groups -OCH3 is 2. The monoisotopic (exact) mass is 492 g/mol. The Morgan fingerprint density at radius 3 is 2.06 bits per heavy atom. The highest BCUT2D eigenvalue weighted by Gasteiger charge is 2.44. The second-order valence-corrected chi connectivity index (χ2v) is 8.53. The van der Waals surface area contributed by atoms with Crippen molar-refractivity contribution in [2.24, 2.45) is 0 Å². The number of amides is 3. The quantitative estimate of drug-likeness (QED) is 0.436. The average molecular weight is 493 g/mol. The Bertz CT molecular complexity index is 1210. The summed E-state index contributed by atoms with van der Waals surface area (Å²) in [5.74, 6) is 0.219. The molecule has 0 aliphatic carbocycles. The smallest absolute Gasteiger partial charge is 0.257 e. The molecule has 1 aliphatic rings. The minimum atomic E-state index is -0.911. The van der Waals surface area contributed by atoms with Gasteiger partial charge < -0.3 is 14.4 Å². The number of benzene rings is 3. The van der Waals surface area contributed by atoms with Crippen molar-refractivity contribution in [3.05, 3.63) is 88.9 Å². The van der Waals surface area contributed by atoms with Gasteiger partial charge in [0.05, 0.1) is 26.3 Å². The van der Waals surface area contributed by atoms with Gasteiger partial charge in [-0.15, -0.1) is 0 Å². The van der Waals surface area contributed by atoms with Crippen molar-refractivity contribution in [1.29, 1.82) is 0 Å². The van der Waals surface area contributed by atoms with Crippen LogP contribution in [0.15, 0.2) is 72.8 Å². The lowest BCUT2D eigenvalue weighted by molar-refractivity contribution is -0.122. The fourth-order valence-corrected chi connectivity index (χ4v) is 4.19. The number of hydrogen-bond acceptors (Lipinski definition) is 5. The Labute approximate surface area is 208 Å². The molecule has 3 aromatic carbocycles. The van der Waals surface area contributed by atoms with Gasteiger partial charge in [-0.25, -0.2) is 4.90 Å². The molecule has 3 aromatic rings. The molecule has 0 bridgehead atoms. The summed E-state index contributed by atoms with van der Waals surface area (Å²) in [7, 11) is 3.14. The standard InChI is InChI=1S/C27H25ClN2O5/c1-34-22-11-3-18(4-12-22)15-16-29(26(32)19-5-7-20(28)8-6-19)24-17-25(31)30(27(24)33)21-9-13-23(35-2)14-10-21/h3-14,24H,15-17H2,1-2H3/t24-/m0/s1. The zero-order chi connectivity index (χ0) is 24.9. The van der Waals surface area contributed by atoms with Crippen LogP contribution in [0, 0.1) is 0 Å². The molecule has 0 unspecified atom stereocenters. The van der Waals surface area contributed by atoms with Gasteiger partial charge in [0.2, 0.25) is 5.91 Å². The summed E-state index contributed by atoms with van der Waals surface area (Å²) >= 11 is 5.99. The molecule has 1 atom stereocenters. The van der Waals surface area contributed by atoms with Crippen LogP contribution in [-0.2, 0) is 16.0 Å². The highest BCUT2D eigenvalue weighted by molar-refractivity contribution is 6.30. The summed E-state index contributed by atoms with van der Waals surface area (Å²) in [6, 6.07) is 19.8. The molecule has 3 amide bonds. The fourth-order valence-electron chi connectivity index (χ4n) is 4.06. The van der Waals surface area contributed by atoms with Crippen LogP contribution in [0.3, 0.4) is 0 Å². The van der Waals surface area contributed by atoms with E-state index in [0.29, 0.717) is 28.4 Å². The summed E-state index contributed by atoms with van der Waals surface area (Å²) in [4.78, 5) is 42.5. The van der Waals surface area contributed by atoms with Gasteiger partial charge in [0, 0.05) is 17.1 Å². The molecular formula is C27H25ClN2O5. The van der Waals surface area contributed by atoms with Crippen LogP contribution in [0.2, 0.25) is 5.02 Å². The second-order valence-electron chi connectivity index (χ2n) is 8.09. The molecule has 4 rings (SSSR count). The number of carbonyl (C=O) groups excluding carboxylic acids is 3. The molecule has 35 heavy (non-hydrogen) atoms. The van der Waals surface area contributed by atoms with Crippen LogP contribution in [0.1, 0.15) is 22.3 Å². The van der Waals surface area contributed by atoms with Crippen molar-refractivity contribution in [2.75, 3.05) is 25.7 Å². The fraction of sp³-hybridized carbons (Fsp3) is 0.222. The zero-order valence-corrected chi connectivity index (χ0v) is 20.2. The third-order valence-electron chi connectivity index (χ3n) is 5.98. The van der Waals surface area contributed by atoms with Crippen LogP contribution in [-0.4, -0.2) is 49.4 Å². The molecular weight excluding hydrogens is 468 g/mol. The first-order valence-corrected chi connectivity index (χ1v) is 11.5. The first-order chi connectivity index (χ1) is 16.9. The average Bonchev–Trinajstić information content (AvgIpc) is 3.18. The Morgan fingerprint density at radius 2 is 1.49 bits per heavy atom. The van der Waals surface area contributed by atoms with Crippen molar-refractivity contribution in [1.82, 2.24) is 4.90 Å². The van der Waals surface area contributed by atoms with Gasteiger partial charge in [-0.1, -0.05) is 23.7 Å². The Morgan fingerprint density at radius 1 is 0.914 bits per heavy atom. The van der Waals surface area contributed by atoms with Crippen molar-refractivity contribution >= 4 is 35.0 Å². The van der Waals surface area contributed by atoms with Crippen LogP contribution in [0.5, 0.6) is 11.5 Å². The van der Waals surface area contributed by atoms with E-state index in [1.54, 1.807) is 62.8 Å². The topological polar surface area (TPSA) is 76.2 Å².